The van der Waals surface area contributed by atoms with Crippen LogP contribution in [0, 0.1) is 11.3 Å². The van der Waals surface area contributed by atoms with Crippen molar-refractivity contribution in [3.63, 3.8) is 0 Å². The molecule has 2 aromatic carbocycles. The Kier molecular flexibility index (Phi) is 6.80. The van der Waals surface area contributed by atoms with Gasteiger partial charge in [0.1, 0.15) is 11.8 Å². The Bertz CT molecular complexity index is 1490. The monoisotopic (exact) mass is 574 g/mol. The third-order valence-corrected chi connectivity index (χ3v) is 7.97. The van der Waals surface area contributed by atoms with Crippen LogP contribution in [0.2, 0.25) is 0 Å². The molecule has 10 heteroatoms. The number of nitrogens with one attached hydrogen (secondary N) is 1. The third-order valence-electron chi connectivity index (χ3n) is 7.27. The molecule has 194 valence electrons. The van der Waals surface area contributed by atoms with E-state index < -0.39 is 0 Å². The Hall–Kier alpha value is -3.97. The van der Waals surface area contributed by atoms with Gasteiger partial charge < -0.3 is 15.1 Å². The van der Waals surface area contributed by atoms with E-state index >= 15 is 0 Å². The van der Waals surface area contributed by atoms with Gasteiger partial charge >= 0.3 is 0 Å². The van der Waals surface area contributed by atoms with Gasteiger partial charge in [-0.1, -0.05) is 12.1 Å². The highest BCUT2D eigenvalue weighted by atomic mass is 79.9. The Labute approximate surface area is 229 Å². The van der Waals surface area contributed by atoms with Crippen molar-refractivity contribution in [3.8, 4) is 6.07 Å². The van der Waals surface area contributed by atoms with Gasteiger partial charge in [-0.2, -0.15) is 10.4 Å². The van der Waals surface area contributed by atoms with Crippen LogP contribution in [0.25, 0.3) is 0 Å². The zero-order chi connectivity index (χ0) is 27.1. The minimum atomic E-state index is -0.181. The van der Waals surface area contributed by atoms with Crippen molar-refractivity contribution in [1.82, 2.24) is 19.6 Å². The van der Waals surface area contributed by atoms with E-state index in [9.17, 15) is 19.6 Å². The smallest absolute Gasteiger partial charge is 0.273 e. The summed E-state index contributed by atoms with van der Waals surface area (Å²) in [6.07, 6.45) is 0.552. The zero-order valence-corrected chi connectivity index (χ0v) is 22.9. The van der Waals surface area contributed by atoms with E-state index in [4.69, 9.17) is 5.10 Å². The number of rotatable bonds is 4. The molecule has 3 heterocycles. The van der Waals surface area contributed by atoms with Crippen molar-refractivity contribution in [2.24, 2.45) is 0 Å². The number of fused-ring (bicyclic) bond motifs is 3. The van der Waals surface area contributed by atoms with E-state index in [1.54, 1.807) is 27.8 Å². The molecule has 0 fully saturated rings. The van der Waals surface area contributed by atoms with Crippen molar-refractivity contribution < 1.29 is 14.4 Å². The number of carbonyl (C=O) groups excluding carboxylic acids is 3. The third kappa shape index (κ3) is 4.58. The summed E-state index contributed by atoms with van der Waals surface area (Å²) in [5.74, 6) is -0.428. The van der Waals surface area contributed by atoms with Gasteiger partial charge in [-0.3, -0.25) is 19.1 Å². The predicted octanol–water partition coefficient (Wildman–Crippen LogP) is 4.28. The number of aromatic nitrogens is 2. The van der Waals surface area contributed by atoms with Gasteiger partial charge in [0.05, 0.1) is 30.4 Å². The second-order valence-electron chi connectivity index (χ2n) is 9.77. The quantitative estimate of drug-likeness (QED) is 0.500. The van der Waals surface area contributed by atoms with Crippen molar-refractivity contribution in [2.75, 3.05) is 11.9 Å². The second-order valence-corrected chi connectivity index (χ2v) is 10.6. The molecule has 0 saturated carbocycles. The van der Waals surface area contributed by atoms with Gasteiger partial charge in [-0.25, -0.2) is 0 Å². The molecule has 3 aromatic rings. The summed E-state index contributed by atoms with van der Waals surface area (Å²) in [4.78, 5) is 42.2. The number of carbonyl (C=O) groups is 3. The molecule has 0 unspecified atom stereocenters. The van der Waals surface area contributed by atoms with Crippen molar-refractivity contribution >= 4 is 39.3 Å². The van der Waals surface area contributed by atoms with Crippen LogP contribution in [-0.4, -0.2) is 49.9 Å². The average Bonchev–Trinajstić information content (AvgIpc) is 3.26. The molecular weight excluding hydrogens is 548 g/mol. The maximum atomic E-state index is 13.8. The van der Waals surface area contributed by atoms with Crippen molar-refractivity contribution in [1.29, 1.82) is 5.26 Å². The number of benzene rings is 2. The van der Waals surface area contributed by atoms with Crippen LogP contribution >= 0.6 is 15.9 Å². The minimum Gasteiger partial charge on any atom is -0.331 e. The summed E-state index contributed by atoms with van der Waals surface area (Å²) < 4.78 is 2.42. The Morgan fingerprint density at radius 2 is 1.92 bits per heavy atom. The summed E-state index contributed by atoms with van der Waals surface area (Å²) in [5.41, 5.74) is 4.68. The molecule has 0 radical (unpaired) electrons. The van der Waals surface area contributed by atoms with Gasteiger partial charge in [-0.05, 0) is 65.7 Å². The molecule has 1 N–H and O–H groups in total. The van der Waals surface area contributed by atoms with E-state index in [0.29, 0.717) is 46.5 Å². The number of hydrogen-bond acceptors (Lipinski definition) is 5. The first-order valence-electron chi connectivity index (χ1n) is 12.5. The van der Waals surface area contributed by atoms with Crippen LogP contribution < -0.4 is 5.32 Å². The van der Waals surface area contributed by atoms with E-state index in [2.05, 4.69) is 27.3 Å². The highest BCUT2D eigenvalue weighted by Crippen LogP contribution is 2.33. The number of anilines is 1. The molecule has 0 aliphatic carbocycles. The van der Waals surface area contributed by atoms with Gasteiger partial charge in [0.15, 0.2) is 0 Å². The molecule has 1 aromatic heterocycles. The number of nitriles is 1. The van der Waals surface area contributed by atoms with Crippen LogP contribution in [0.15, 0.2) is 46.9 Å². The maximum absolute atomic E-state index is 13.8. The summed E-state index contributed by atoms with van der Waals surface area (Å²) in [6, 6.07) is 14.3. The number of halogens is 1. The molecule has 5 rings (SSSR count). The first-order valence-corrected chi connectivity index (χ1v) is 13.2. The number of amides is 3. The lowest BCUT2D eigenvalue weighted by Crippen LogP contribution is -2.44. The van der Waals surface area contributed by atoms with Crippen molar-refractivity contribution in [2.45, 2.75) is 52.4 Å². The highest BCUT2D eigenvalue weighted by Gasteiger charge is 2.38. The van der Waals surface area contributed by atoms with Crippen LogP contribution in [0.5, 0.6) is 0 Å². The molecule has 2 aliphatic heterocycles. The lowest BCUT2D eigenvalue weighted by Gasteiger charge is -2.35. The van der Waals surface area contributed by atoms with E-state index in [-0.39, 0.29) is 36.3 Å². The molecular formula is C28H27BrN6O3. The summed E-state index contributed by atoms with van der Waals surface area (Å²) >= 11 is 3.34. The molecule has 3 amide bonds. The number of hydrogen-bond donors (Lipinski definition) is 1. The zero-order valence-electron chi connectivity index (χ0n) is 21.4. The van der Waals surface area contributed by atoms with Crippen molar-refractivity contribution in [3.05, 3.63) is 80.6 Å². The lowest BCUT2D eigenvalue weighted by molar-refractivity contribution is -0.114. The van der Waals surface area contributed by atoms with E-state index in [1.165, 1.54) is 6.92 Å². The molecule has 0 bridgehead atoms. The topological polar surface area (TPSA) is 111 Å². The van der Waals surface area contributed by atoms with Gasteiger partial charge in [0.25, 0.3) is 11.8 Å². The number of nitrogens with zero attached hydrogens (tertiary/aromatic N) is 5. The fraction of sp³-hybridized carbons (Fsp3) is 0.321. The van der Waals surface area contributed by atoms with E-state index in [0.717, 1.165) is 16.8 Å². The van der Waals surface area contributed by atoms with Crippen LogP contribution in [0.1, 0.15) is 70.0 Å². The predicted molar refractivity (Wildman–Crippen MR) is 144 cm³/mol. The summed E-state index contributed by atoms with van der Waals surface area (Å²) in [6.45, 7) is 6.80. The molecule has 2 atom stereocenters. The highest BCUT2D eigenvalue weighted by molar-refractivity contribution is 9.10. The van der Waals surface area contributed by atoms with E-state index in [1.807, 2.05) is 43.0 Å². The molecule has 0 spiro atoms. The lowest BCUT2D eigenvalue weighted by atomic mass is 9.97. The summed E-state index contributed by atoms with van der Waals surface area (Å²) in [7, 11) is 0. The fourth-order valence-electron chi connectivity index (χ4n) is 5.22. The normalized spacial score (nSPS) is 17.3. The Morgan fingerprint density at radius 3 is 2.61 bits per heavy atom. The maximum Gasteiger partial charge on any atom is 0.273 e. The first kappa shape index (κ1) is 25.7. The molecule has 0 saturated heterocycles. The minimum absolute atomic E-state index is 0.103. The molecule has 38 heavy (non-hydrogen) atoms. The van der Waals surface area contributed by atoms with Gasteiger partial charge in [0.2, 0.25) is 5.91 Å². The van der Waals surface area contributed by atoms with Crippen LogP contribution in [0.4, 0.5) is 5.69 Å². The largest absolute Gasteiger partial charge is 0.331 e. The molecule has 2 aliphatic rings. The van der Waals surface area contributed by atoms with Crippen LogP contribution in [-0.2, 0) is 24.3 Å². The Morgan fingerprint density at radius 1 is 1.18 bits per heavy atom. The SMILES string of the molecule is CC(=O)Nc1ccc([C@H](C)N2CCn3nc4c(c3C2=O)CN(C(=O)c2ccc(Br)c(C#N)c2)[C@H](C)C4)cc1. The van der Waals surface area contributed by atoms with Crippen LogP contribution in [0.3, 0.4) is 0 Å². The van der Waals surface area contributed by atoms with Gasteiger partial charge in [0, 0.05) is 47.2 Å². The Balaban J connectivity index is 1.40. The fourth-order valence-corrected chi connectivity index (χ4v) is 5.55. The second kappa shape index (κ2) is 10.1. The molecule has 9 nitrogen and oxygen atoms in total. The first-order chi connectivity index (χ1) is 18.2. The standard InChI is InChI=1S/C28H27BrN6O3/c1-16-12-25-23(15-34(16)27(37)20-6-9-24(29)21(13-20)14-30)26-28(38)33(10-11-35(26)32-25)17(2)19-4-7-22(8-5-19)31-18(3)36/h4-9,13,16-17H,10-12,15H2,1-3H3,(H,31,36)/t16-,17+/m1/s1. The average molecular weight is 575 g/mol. The summed E-state index contributed by atoms with van der Waals surface area (Å²) in [5, 5.41) is 16.9. The van der Waals surface area contributed by atoms with Gasteiger partial charge in [-0.15, -0.1) is 0 Å².